The highest BCUT2D eigenvalue weighted by molar-refractivity contribution is 9.10. The first-order valence-corrected chi connectivity index (χ1v) is 7.66. The van der Waals surface area contributed by atoms with E-state index in [2.05, 4.69) is 45.4 Å². The summed E-state index contributed by atoms with van der Waals surface area (Å²) in [6.07, 6.45) is 4.80. The Balaban J connectivity index is 1.64. The molecule has 1 aromatic carbocycles. The van der Waals surface area contributed by atoms with Crippen LogP contribution in [0.3, 0.4) is 0 Å². The molecule has 1 atom stereocenters. The van der Waals surface area contributed by atoms with Crippen LogP contribution in [-0.4, -0.2) is 22.4 Å². The number of halogens is 1. The van der Waals surface area contributed by atoms with E-state index in [9.17, 15) is 0 Å². The SMILES string of the molecule is CC(Cn1cccn1)NCc1cc(Br)cc2c1OCC2. The van der Waals surface area contributed by atoms with Crippen LogP contribution >= 0.6 is 15.9 Å². The average molecular weight is 336 g/mol. The van der Waals surface area contributed by atoms with Gasteiger partial charge < -0.3 is 10.1 Å². The Kier molecular flexibility index (Phi) is 4.08. The van der Waals surface area contributed by atoms with E-state index in [4.69, 9.17) is 4.74 Å². The van der Waals surface area contributed by atoms with Gasteiger partial charge in [0.05, 0.1) is 13.2 Å². The third-order valence-electron chi connectivity index (χ3n) is 3.49. The Morgan fingerprint density at radius 2 is 2.40 bits per heavy atom. The van der Waals surface area contributed by atoms with Gasteiger partial charge in [-0.2, -0.15) is 5.10 Å². The summed E-state index contributed by atoms with van der Waals surface area (Å²) in [4.78, 5) is 0. The molecule has 0 bridgehead atoms. The number of nitrogens with zero attached hydrogens (tertiary/aromatic N) is 2. The molecule has 1 aliphatic rings. The summed E-state index contributed by atoms with van der Waals surface area (Å²) in [5.41, 5.74) is 2.52. The molecule has 20 heavy (non-hydrogen) atoms. The van der Waals surface area contributed by atoms with Crippen LogP contribution in [0, 0.1) is 0 Å². The summed E-state index contributed by atoms with van der Waals surface area (Å²) in [7, 11) is 0. The first kappa shape index (κ1) is 13.6. The summed E-state index contributed by atoms with van der Waals surface area (Å²) < 4.78 is 8.81. The lowest BCUT2D eigenvalue weighted by Crippen LogP contribution is -2.30. The lowest BCUT2D eigenvalue weighted by molar-refractivity contribution is 0.350. The molecule has 2 heterocycles. The molecule has 1 aromatic heterocycles. The van der Waals surface area contributed by atoms with Crippen LogP contribution in [0.4, 0.5) is 0 Å². The molecule has 0 fully saturated rings. The van der Waals surface area contributed by atoms with E-state index in [1.54, 1.807) is 0 Å². The van der Waals surface area contributed by atoms with Crippen molar-refractivity contribution in [3.8, 4) is 5.75 Å². The molecule has 4 nitrogen and oxygen atoms in total. The van der Waals surface area contributed by atoms with Crippen LogP contribution in [0.2, 0.25) is 0 Å². The number of hydrogen-bond donors (Lipinski definition) is 1. The van der Waals surface area contributed by atoms with Crippen LogP contribution in [0.1, 0.15) is 18.1 Å². The van der Waals surface area contributed by atoms with Crippen LogP contribution in [-0.2, 0) is 19.5 Å². The number of benzene rings is 1. The first-order chi connectivity index (χ1) is 9.72. The van der Waals surface area contributed by atoms with Crippen LogP contribution in [0.15, 0.2) is 35.1 Å². The van der Waals surface area contributed by atoms with E-state index >= 15 is 0 Å². The fourth-order valence-electron chi connectivity index (χ4n) is 2.52. The van der Waals surface area contributed by atoms with Crippen LogP contribution in [0.25, 0.3) is 0 Å². The lowest BCUT2D eigenvalue weighted by Gasteiger charge is -2.16. The second-order valence-electron chi connectivity index (χ2n) is 5.16. The van der Waals surface area contributed by atoms with Gasteiger partial charge in [0.2, 0.25) is 0 Å². The largest absolute Gasteiger partial charge is 0.493 e. The van der Waals surface area contributed by atoms with Gasteiger partial charge in [0, 0.05) is 41.4 Å². The van der Waals surface area contributed by atoms with Gasteiger partial charge in [-0.1, -0.05) is 15.9 Å². The molecule has 2 aromatic rings. The monoisotopic (exact) mass is 335 g/mol. The van der Waals surface area contributed by atoms with Gasteiger partial charge in [-0.25, -0.2) is 0 Å². The number of hydrogen-bond acceptors (Lipinski definition) is 3. The summed E-state index contributed by atoms with van der Waals surface area (Å²) >= 11 is 3.57. The second kappa shape index (κ2) is 5.97. The van der Waals surface area contributed by atoms with Gasteiger partial charge in [0.1, 0.15) is 5.75 Å². The topological polar surface area (TPSA) is 39.1 Å². The fraction of sp³-hybridized carbons (Fsp3) is 0.400. The van der Waals surface area contributed by atoms with Crippen LogP contribution < -0.4 is 10.1 Å². The van der Waals surface area contributed by atoms with Gasteiger partial charge in [-0.15, -0.1) is 0 Å². The maximum Gasteiger partial charge on any atom is 0.127 e. The van der Waals surface area contributed by atoms with Crippen molar-refractivity contribution in [3.05, 3.63) is 46.2 Å². The molecule has 0 amide bonds. The van der Waals surface area contributed by atoms with Crippen molar-refractivity contribution < 1.29 is 4.74 Å². The van der Waals surface area contributed by atoms with Gasteiger partial charge in [-0.05, 0) is 30.7 Å². The molecular formula is C15H18BrN3O. The smallest absolute Gasteiger partial charge is 0.127 e. The highest BCUT2D eigenvalue weighted by atomic mass is 79.9. The molecule has 0 radical (unpaired) electrons. The summed E-state index contributed by atoms with van der Waals surface area (Å²) in [6.45, 7) is 4.64. The van der Waals surface area contributed by atoms with E-state index in [-0.39, 0.29) is 0 Å². The third kappa shape index (κ3) is 3.04. The zero-order valence-corrected chi connectivity index (χ0v) is 13.1. The van der Waals surface area contributed by atoms with Gasteiger partial charge in [-0.3, -0.25) is 4.68 Å². The average Bonchev–Trinajstić information content (AvgIpc) is 3.06. The molecule has 106 valence electrons. The molecule has 5 heteroatoms. The summed E-state index contributed by atoms with van der Waals surface area (Å²) in [5, 5.41) is 7.76. The van der Waals surface area contributed by atoms with Crippen molar-refractivity contribution in [1.29, 1.82) is 0 Å². The molecule has 0 spiro atoms. The minimum atomic E-state index is 0.353. The summed E-state index contributed by atoms with van der Waals surface area (Å²) in [5.74, 6) is 1.06. The lowest BCUT2D eigenvalue weighted by atomic mass is 10.1. The molecule has 0 aliphatic carbocycles. The Bertz CT molecular complexity index is 583. The van der Waals surface area contributed by atoms with Crippen molar-refractivity contribution in [2.24, 2.45) is 0 Å². The maximum absolute atomic E-state index is 5.74. The van der Waals surface area contributed by atoms with E-state index in [1.165, 1.54) is 11.1 Å². The number of ether oxygens (including phenoxy) is 1. The molecular weight excluding hydrogens is 318 g/mol. The quantitative estimate of drug-likeness (QED) is 0.913. The fourth-order valence-corrected chi connectivity index (χ4v) is 3.07. The zero-order valence-electron chi connectivity index (χ0n) is 11.5. The van der Waals surface area contributed by atoms with Gasteiger partial charge in [0.25, 0.3) is 0 Å². The highest BCUT2D eigenvalue weighted by Gasteiger charge is 2.17. The Morgan fingerprint density at radius 1 is 1.50 bits per heavy atom. The van der Waals surface area contributed by atoms with Crippen molar-refractivity contribution in [2.45, 2.75) is 32.5 Å². The Labute approximate surface area is 127 Å². The van der Waals surface area contributed by atoms with E-state index < -0.39 is 0 Å². The maximum atomic E-state index is 5.74. The number of aromatic nitrogens is 2. The molecule has 0 saturated heterocycles. The van der Waals surface area contributed by atoms with Gasteiger partial charge in [0.15, 0.2) is 0 Å². The first-order valence-electron chi connectivity index (χ1n) is 6.87. The minimum absolute atomic E-state index is 0.353. The van der Waals surface area contributed by atoms with Gasteiger partial charge >= 0.3 is 0 Å². The summed E-state index contributed by atoms with van der Waals surface area (Å²) in [6, 6.07) is 6.59. The standard InChI is InChI=1S/C15H18BrN3O/c1-11(10-19-5-2-4-18-19)17-9-13-8-14(16)7-12-3-6-20-15(12)13/h2,4-5,7-8,11,17H,3,6,9-10H2,1H3. The van der Waals surface area contributed by atoms with Crippen molar-refractivity contribution >= 4 is 15.9 Å². The molecule has 0 saturated carbocycles. The molecule has 1 unspecified atom stereocenters. The van der Waals surface area contributed by atoms with Crippen molar-refractivity contribution in [3.63, 3.8) is 0 Å². The molecule has 3 rings (SSSR count). The van der Waals surface area contributed by atoms with E-state index in [1.807, 2.05) is 23.1 Å². The van der Waals surface area contributed by atoms with Crippen molar-refractivity contribution in [2.75, 3.05) is 6.61 Å². The number of rotatable bonds is 5. The van der Waals surface area contributed by atoms with Crippen LogP contribution in [0.5, 0.6) is 5.75 Å². The number of fused-ring (bicyclic) bond motifs is 1. The second-order valence-corrected chi connectivity index (χ2v) is 6.08. The zero-order chi connectivity index (χ0) is 13.9. The normalized spacial score (nSPS) is 14.9. The minimum Gasteiger partial charge on any atom is -0.493 e. The third-order valence-corrected chi connectivity index (χ3v) is 3.94. The molecule has 1 aliphatic heterocycles. The predicted molar refractivity (Wildman–Crippen MR) is 81.9 cm³/mol. The van der Waals surface area contributed by atoms with Crippen molar-refractivity contribution in [1.82, 2.24) is 15.1 Å². The Morgan fingerprint density at radius 3 is 3.20 bits per heavy atom. The van der Waals surface area contributed by atoms with E-state index in [0.29, 0.717) is 6.04 Å². The predicted octanol–water partition coefficient (Wildman–Crippen LogP) is 2.76. The number of nitrogens with one attached hydrogen (secondary N) is 1. The van der Waals surface area contributed by atoms with E-state index in [0.717, 1.165) is 36.3 Å². The highest BCUT2D eigenvalue weighted by Crippen LogP contribution is 2.32. The Hall–Kier alpha value is -1.33. The molecule has 1 N–H and O–H groups in total.